The Labute approximate surface area is 122 Å². The Hall–Kier alpha value is -1.73. The van der Waals surface area contributed by atoms with Crippen molar-refractivity contribution >= 4 is 35.0 Å². The zero-order valence-electron chi connectivity index (χ0n) is 9.89. The van der Waals surface area contributed by atoms with Crippen LogP contribution in [0.25, 0.3) is 0 Å². The van der Waals surface area contributed by atoms with E-state index in [4.69, 9.17) is 11.6 Å². The van der Waals surface area contributed by atoms with Crippen LogP contribution in [-0.2, 0) is 0 Å². The Kier molecular flexibility index (Phi) is 4.86. The van der Waals surface area contributed by atoms with Crippen LogP contribution in [0.15, 0.2) is 41.3 Å². The van der Waals surface area contributed by atoms with Crippen LogP contribution >= 0.6 is 23.4 Å². The van der Waals surface area contributed by atoms with Crippen molar-refractivity contribution < 1.29 is 13.6 Å². The number of nitrogens with zero attached hydrogens (tertiary/aromatic N) is 2. The monoisotopic (exact) mass is 315 g/mol. The summed E-state index contributed by atoms with van der Waals surface area (Å²) < 4.78 is 24.3. The highest BCUT2D eigenvalue weighted by atomic mass is 35.5. The average Bonchev–Trinajstić information content (AvgIpc) is 2.41. The summed E-state index contributed by atoms with van der Waals surface area (Å²) in [6.07, 6.45) is 0. The zero-order valence-corrected chi connectivity index (χ0v) is 11.5. The van der Waals surface area contributed by atoms with E-state index in [-0.39, 0.29) is 10.8 Å². The van der Waals surface area contributed by atoms with Crippen LogP contribution in [0.3, 0.4) is 0 Å². The van der Waals surface area contributed by atoms with Gasteiger partial charge in [-0.2, -0.15) is 8.78 Å². The lowest BCUT2D eigenvalue weighted by molar-refractivity contribution is 0.102. The summed E-state index contributed by atoms with van der Waals surface area (Å²) >= 11 is 6.01. The van der Waals surface area contributed by atoms with Crippen molar-refractivity contribution in [2.24, 2.45) is 0 Å². The van der Waals surface area contributed by atoms with Gasteiger partial charge in [-0.15, -0.1) is 10.2 Å². The van der Waals surface area contributed by atoms with E-state index in [1.165, 1.54) is 36.4 Å². The molecule has 1 N–H and O–H groups in total. The number of carbonyl (C=O) groups excluding carboxylic acids is 1. The van der Waals surface area contributed by atoms with Gasteiger partial charge >= 0.3 is 0 Å². The quantitative estimate of drug-likeness (QED) is 0.874. The Morgan fingerprint density at radius 3 is 2.40 bits per heavy atom. The highest BCUT2D eigenvalue weighted by molar-refractivity contribution is 7.99. The number of aromatic nitrogens is 2. The molecule has 1 heterocycles. The highest BCUT2D eigenvalue weighted by Crippen LogP contribution is 2.26. The maximum absolute atomic E-state index is 12.2. The predicted octanol–water partition coefficient (Wildman–Crippen LogP) is 3.70. The minimum Gasteiger partial charge on any atom is -0.321 e. The molecule has 4 nitrogen and oxygen atoms in total. The van der Waals surface area contributed by atoms with Crippen molar-refractivity contribution in [2.45, 2.75) is 10.7 Å². The van der Waals surface area contributed by atoms with E-state index in [1.54, 1.807) is 0 Å². The lowest BCUT2D eigenvalue weighted by Crippen LogP contribution is -2.14. The summed E-state index contributed by atoms with van der Waals surface area (Å²) in [6.45, 7) is 0. The molecule has 0 radical (unpaired) electrons. The third-order valence-electron chi connectivity index (χ3n) is 2.20. The van der Waals surface area contributed by atoms with Gasteiger partial charge in [0.2, 0.25) is 0 Å². The molecule has 8 heteroatoms. The Morgan fingerprint density at radius 2 is 1.85 bits per heavy atom. The number of alkyl halides is 2. The molecule has 0 saturated carbocycles. The lowest BCUT2D eigenvalue weighted by atomic mass is 10.3. The van der Waals surface area contributed by atoms with Crippen molar-refractivity contribution in [1.82, 2.24) is 10.2 Å². The van der Waals surface area contributed by atoms with Gasteiger partial charge in [0, 0.05) is 10.6 Å². The highest BCUT2D eigenvalue weighted by Gasteiger charge is 2.09. The van der Waals surface area contributed by atoms with Gasteiger partial charge in [-0.3, -0.25) is 4.79 Å². The van der Waals surface area contributed by atoms with Gasteiger partial charge in [-0.1, -0.05) is 23.4 Å². The van der Waals surface area contributed by atoms with Crippen molar-refractivity contribution in [1.29, 1.82) is 0 Å². The fourth-order valence-corrected chi connectivity index (χ4v) is 1.95. The van der Waals surface area contributed by atoms with Gasteiger partial charge in [0.15, 0.2) is 10.8 Å². The van der Waals surface area contributed by atoms with Gasteiger partial charge in [0.25, 0.3) is 11.7 Å². The molecular weight excluding hydrogens is 308 g/mol. The number of hydrogen-bond donors (Lipinski definition) is 1. The number of carbonyl (C=O) groups is 1. The second kappa shape index (κ2) is 6.62. The third kappa shape index (κ3) is 4.14. The van der Waals surface area contributed by atoms with Crippen LogP contribution in [0.5, 0.6) is 0 Å². The molecule has 0 aliphatic heterocycles. The minimum atomic E-state index is -2.47. The zero-order chi connectivity index (χ0) is 14.5. The van der Waals surface area contributed by atoms with Crippen LogP contribution < -0.4 is 5.32 Å². The van der Waals surface area contributed by atoms with Crippen molar-refractivity contribution in [3.8, 4) is 0 Å². The molecule has 0 unspecified atom stereocenters. The van der Waals surface area contributed by atoms with Gasteiger partial charge in [-0.25, -0.2) is 0 Å². The van der Waals surface area contributed by atoms with Gasteiger partial charge in [-0.05, 0) is 36.4 Å². The van der Waals surface area contributed by atoms with Crippen molar-refractivity contribution in [3.05, 3.63) is 47.2 Å². The molecule has 0 fully saturated rings. The van der Waals surface area contributed by atoms with Crippen molar-refractivity contribution in [2.75, 3.05) is 5.32 Å². The second-order valence-corrected chi connectivity index (χ2v) is 5.05. The second-order valence-electron chi connectivity index (χ2n) is 3.60. The molecule has 0 saturated heterocycles. The number of anilines is 1. The van der Waals surface area contributed by atoms with E-state index < -0.39 is 11.7 Å². The van der Waals surface area contributed by atoms with Gasteiger partial charge in [0.1, 0.15) is 0 Å². The van der Waals surface area contributed by atoms with Crippen molar-refractivity contribution in [3.63, 3.8) is 0 Å². The Morgan fingerprint density at radius 1 is 1.15 bits per heavy atom. The van der Waals surface area contributed by atoms with E-state index >= 15 is 0 Å². The van der Waals surface area contributed by atoms with Crippen LogP contribution in [0, 0.1) is 0 Å². The first-order valence-electron chi connectivity index (χ1n) is 5.40. The number of thioether (sulfide) groups is 1. The molecule has 0 aliphatic rings. The van der Waals surface area contributed by atoms with E-state index in [0.29, 0.717) is 22.3 Å². The largest absolute Gasteiger partial charge is 0.321 e. The van der Waals surface area contributed by atoms with Gasteiger partial charge in [0.05, 0.1) is 0 Å². The molecular formula is C12H8ClF2N3OS. The standard InChI is InChI=1S/C12H8ClF2N3OS/c13-10-6-5-9(17-18-10)11(19)16-7-1-3-8(4-2-7)20-12(14)15/h1-6,12H,(H,16,19). The molecule has 1 aromatic carbocycles. The number of amides is 1. The third-order valence-corrected chi connectivity index (χ3v) is 3.13. The summed E-state index contributed by atoms with van der Waals surface area (Å²) in [5.74, 6) is -2.93. The smallest absolute Gasteiger partial charge is 0.288 e. The SMILES string of the molecule is O=C(Nc1ccc(SC(F)F)cc1)c1ccc(Cl)nn1. The molecule has 104 valence electrons. The normalized spacial score (nSPS) is 10.6. The summed E-state index contributed by atoms with van der Waals surface area (Å²) in [5, 5.41) is 9.96. The number of benzene rings is 1. The molecule has 1 aromatic heterocycles. The van der Waals surface area contributed by atoms with Crippen LogP contribution in [0.2, 0.25) is 5.15 Å². The molecule has 0 bridgehead atoms. The lowest BCUT2D eigenvalue weighted by Gasteiger charge is -2.05. The first-order chi connectivity index (χ1) is 9.54. The fourth-order valence-electron chi connectivity index (χ4n) is 1.35. The average molecular weight is 316 g/mol. The molecule has 2 rings (SSSR count). The molecule has 0 spiro atoms. The van der Waals surface area contributed by atoms with Crippen LogP contribution in [0.1, 0.15) is 10.5 Å². The maximum Gasteiger partial charge on any atom is 0.288 e. The summed E-state index contributed by atoms with van der Waals surface area (Å²) in [7, 11) is 0. The summed E-state index contributed by atoms with van der Waals surface area (Å²) in [5.41, 5.74) is 0.589. The van der Waals surface area contributed by atoms with E-state index in [1.807, 2.05) is 0 Å². The molecule has 0 aliphatic carbocycles. The first kappa shape index (κ1) is 14.7. The molecule has 20 heavy (non-hydrogen) atoms. The van der Waals surface area contributed by atoms with Crippen LogP contribution in [-0.4, -0.2) is 21.9 Å². The summed E-state index contributed by atoms with van der Waals surface area (Å²) in [6, 6.07) is 8.95. The van der Waals surface area contributed by atoms with Crippen LogP contribution in [0.4, 0.5) is 14.5 Å². The number of rotatable bonds is 4. The Bertz CT molecular complexity index is 593. The predicted molar refractivity (Wildman–Crippen MR) is 73.3 cm³/mol. The minimum absolute atomic E-state index is 0.112. The first-order valence-corrected chi connectivity index (χ1v) is 6.66. The van der Waals surface area contributed by atoms with Gasteiger partial charge < -0.3 is 5.32 Å². The number of halogens is 3. The fraction of sp³-hybridized carbons (Fsp3) is 0.0833. The number of hydrogen-bond acceptors (Lipinski definition) is 4. The molecule has 2 aromatic rings. The molecule has 1 amide bonds. The molecule has 0 atom stereocenters. The van der Waals surface area contributed by atoms with E-state index in [9.17, 15) is 13.6 Å². The Balaban J connectivity index is 2.02. The van der Waals surface area contributed by atoms with E-state index in [0.717, 1.165) is 0 Å². The van der Waals surface area contributed by atoms with E-state index in [2.05, 4.69) is 15.5 Å². The maximum atomic E-state index is 12.2. The summed E-state index contributed by atoms with van der Waals surface area (Å²) in [4.78, 5) is 12.2. The topological polar surface area (TPSA) is 54.9 Å². The number of nitrogens with one attached hydrogen (secondary N) is 1.